The van der Waals surface area contributed by atoms with Crippen LogP contribution in [0.1, 0.15) is 37.0 Å². The fourth-order valence-electron chi connectivity index (χ4n) is 2.90. The average molecular weight is 251 g/mol. The van der Waals surface area contributed by atoms with Crippen molar-refractivity contribution in [2.24, 2.45) is 11.8 Å². The number of carboxylic acids is 1. The first kappa shape index (κ1) is 13.1. The zero-order valence-electron chi connectivity index (χ0n) is 11.4. The molecule has 2 heterocycles. The van der Waals surface area contributed by atoms with E-state index in [2.05, 4.69) is 17.9 Å². The highest BCUT2D eigenvalue weighted by Crippen LogP contribution is 2.33. The molecule has 100 valence electrons. The number of carbonyl (C=O) groups is 1. The van der Waals surface area contributed by atoms with E-state index < -0.39 is 5.97 Å². The molecule has 2 rings (SSSR count). The van der Waals surface area contributed by atoms with Gasteiger partial charge < -0.3 is 9.52 Å². The summed E-state index contributed by atoms with van der Waals surface area (Å²) in [6.45, 7) is 9.50. The third-order valence-corrected chi connectivity index (χ3v) is 4.03. The van der Waals surface area contributed by atoms with Crippen molar-refractivity contribution in [3.05, 3.63) is 23.2 Å². The standard InChI is InChI=1S/C14H21NO3/c1-8-6-15(7-13(8)14(16)17)10(3)12-5-9(2)18-11(12)4/h5,8,10,13H,6-7H2,1-4H3,(H,16,17)/t8-,10?,13-/m1/s1. The number of furan rings is 1. The Labute approximate surface area is 108 Å². The Morgan fingerprint density at radius 3 is 2.61 bits per heavy atom. The highest BCUT2D eigenvalue weighted by atomic mass is 16.4. The number of likely N-dealkylation sites (tertiary alicyclic amines) is 1. The molecule has 1 aromatic heterocycles. The van der Waals surface area contributed by atoms with Crippen LogP contribution in [-0.2, 0) is 4.79 Å². The van der Waals surface area contributed by atoms with Gasteiger partial charge in [-0.15, -0.1) is 0 Å². The van der Waals surface area contributed by atoms with Crippen LogP contribution in [0.15, 0.2) is 10.5 Å². The van der Waals surface area contributed by atoms with Gasteiger partial charge in [-0.1, -0.05) is 6.92 Å². The van der Waals surface area contributed by atoms with Crippen LogP contribution in [0.2, 0.25) is 0 Å². The van der Waals surface area contributed by atoms with Gasteiger partial charge in [-0.2, -0.15) is 0 Å². The van der Waals surface area contributed by atoms with Crippen molar-refractivity contribution in [1.82, 2.24) is 4.90 Å². The lowest BCUT2D eigenvalue weighted by molar-refractivity contribution is -0.142. The molecule has 4 nitrogen and oxygen atoms in total. The number of nitrogens with zero attached hydrogens (tertiary/aromatic N) is 1. The molecule has 1 aromatic rings. The normalized spacial score (nSPS) is 26.4. The number of aryl methyl sites for hydroxylation is 2. The molecule has 0 aromatic carbocycles. The quantitative estimate of drug-likeness (QED) is 0.897. The molecule has 1 fully saturated rings. The maximum absolute atomic E-state index is 11.1. The van der Waals surface area contributed by atoms with Crippen LogP contribution >= 0.6 is 0 Å². The third kappa shape index (κ3) is 2.29. The average Bonchev–Trinajstić information content (AvgIpc) is 2.81. The van der Waals surface area contributed by atoms with Crippen LogP contribution in [-0.4, -0.2) is 29.1 Å². The smallest absolute Gasteiger partial charge is 0.308 e. The Bertz CT molecular complexity index is 452. The topological polar surface area (TPSA) is 53.7 Å². The van der Waals surface area contributed by atoms with Gasteiger partial charge >= 0.3 is 5.97 Å². The first-order chi connectivity index (χ1) is 8.40. The van der Waals surface area contributed by atoms with Crippen LogP contribution in [0.3, 0.4) is 0 Å². The first-order valence-corrected chi connectivity index (χ1v) is 6.44. The Morgan fingerprint density at radius 2 is 2.17 bits per heavy atom. The summed E-state index contributed by atoms with van der Waals surface area (Å²) in [5.41, 5.74) is 1.17. The summed E-state index contributed by atoms with van der Waals surface area (Å²) in [6, 6.07) is 2.27. The maximum Gasteiger partial charge on any atom is 0.308 e. The predicted molar refractivity (Wildman–Crippen MR) is 68.5 cm³/mol. The fourth-order valence-corrected chi connectivity index (χ4v) is 2.90. The van der Waals surface area contributed by atoms with Crippen molar-refractivity contribution in [1.29, 1.82) is 0 Å². The van der Waals surface area contributed by atoms with Crippen molar-refractivity contribution in [2.75, 3.05) is 13.1 Å². The number of hydrogen-bond acceptors (Lipinski definition) is 3. The second-order valence-electron chi connectivity index (χ2n) is 5.42. The largest absolute Gasteiger partial charge is 0.481 e. The molecule has 18 heavy (non-hydrogen) atoms. The Morgan fingerprint density at radius 1 is 1.50 bits per heavy atom. The summed E-state index contributed by atoms with van der Waals surface area (Å²) in [4.78, 5) is 13.4. The summed E-state index contributed by atoms with van der Waals surface area (Å²) < 4.78 is 5.55. The minimum absolute atomic E-state index is 0.207. The van der Waals surface area contributed by atoms with Crippen molar-refractivity contribution < 1.29 is 14.3 Å². The van der Waals surface area contributed by atoms with Crippen molar-refractivity contribution in [3.8, 4) is 0 Å². The van der Waals surface area contributed by atoms with Gasteiger partial charge in [0.05, 0.1) is 5.92 Å². The lowest BCUT2D eigenvalue weighted by Crippen LogP contribution is -2.26. The zero-order chi connectivity index (χ0) is 13.4. The minimum atomic E-state index is -0.683. The maximum atomic E-state index is 11.1. The molecule has 4 heteroatoms. The van der Waals surface area contributed by atoms with Gasteiger partial charge in [-0.05, 0) is 32.8 Å². The SMILES string of the molecule is Cc1cc(C(C)N2C[C@@H](C)[C@H](C(=O)O)C2)c(C)o1. The van der Waals surface area contributed by atoms with Crippen LogP contribution in [0.4, 0.5) is 0 Å². The summed E-state index contributed by atoms with van der Waals surface area (Å²) in [5, 5.41) is 9.17. The van der Waals surface area contributed by atoms with Gasteiger partial charge in [0.15, 0.2) is 0 Å². The zero-order valence-corrected chi connectivity index (χ0v) is 11.4. The first-order valence-electron chi connectivity index (χ1n) is 6.44. The molecule has 0 saturated carbocycles. The second-order valence-corrected chi connectivity index (χ2v) is 5.42. The van der Waals surface area contributed by atoms with Crippen molar-refractivity contribution >= 4 is 5.97 Å². The van der Waals surface area contributed by atoms with Crippen LogP contribution in [0, 0.1) is 25.7 Å². The molecule has 0 spiro atoms. The number of rotatable bonds is 3. The van der Waals surface area contributed by atoms with Gasteiger partial charge in [-0.3, -0.25) is 9.69 Å². The van der Waals surface area contributed by atoms with E-state index >= 15 is 0 Å². The molecule has 0 aliphatic carbocycles. The van der Waals surface area contributed by atoms with E-state index in [0.717, 1.165) is 18.1 Å². The van der Waals surface area contributed by atoms with E-state index in [0.29, 0.717) is 6.54 Å². The van der Waals surface area contributed by atoms with Crippen molar-refractivity contribution in [2.45, 2.75) is 33.7 Å². The lowest BCUT2D eigenvalue weighted by atomic mass is 9.99. The highest BCUT2D eigenvalue weighted by Gasteiger charge is 2.37. The Kier molecular flexibility index (Phi) is 3.48. The summed E-state index contributed by atoms with van der Waals surface area (Å²) in [5.74, 6) is 1.12. The number of carboxylic acid groups (broad SMARTS) is 1. The number of hydrogen-bond donors (Lipinski definition) is 1. The molecule has 1 aliphatic rings. The van der Waals surface area contributed by atoms with Gasteiger partial charge in [0.25, 0.3) is 0 Å². The molecule has 0 amide bonds. The van der Waals surface area contributed by atoms with E-state index in [1.54, 1.807) is 0 Å². The lowest BCUT2D eigenvalue weighted by Gasteiger charge is -2.23. The summed E-state index contributed by atoms with van der Waals surface area (Å²) in [7, 11) is 0. The molecular weight excluding hydrogens is 230 g/mol. The van der Waals surface area contributed by atoms with E-state index in [1.807, 2.05) is 20.8 Å². The Balaban J connectivity index is 2.14. The highest BCUT2D eigenvalue weighted by molar-refractivity contribution is 5.71. The molecule has 1 unspecified atom stereocenters. The third-order valence-electron chi connectivity index (χ3n) is 4.03. The molecular formula is C14H21NO3. The van der Waals surface area contributed by atoms with Crippen molar-refractivity contribution in [3.63, 3.8) is 0 Å². The molecule has 0 bridgehead atoms. The van der Waals surface area contributed by atoms with Crippen LogP contribution in [0.5, 0.6) is 0 Å². The van der Waals surface area contributed by atoms with E-state index in [9.17, 15) is 4.79 Å². The van der Waals surface area contributed by atoms with Gasteiger partial charge in [0.1, 0.15) is 11.5 Å². The van der Waals surface area contributed by atoms with E-state index in [4.69, 9.17) is 9.52 Å². The molecule has 1 aliphatic heterocycles. The minimum Gasteiger partial charge on any atom is -0.481 e. The van der Waals surface area contributed by atoms with E-state index in [1.165, 1.54) is 5.56 Å². The van der Waals surface area contributed by atoms with E-state index in [-0.39, 0.29) is 17.9 Å². The summed E-state index contributed by atoms with van der Waals surface area (Å²) >= 11 is 0. The predicted octanol–water partition coefficient (Wildman–Crippen LogP) is 2.61. The Hall–Kier alpha value is -1.29. The second kappa shape index (κ2) is 4.76. The summed E-state index contributed by atoms with van der Waals surface area (Å²) in [6.07, 6.45) is 0. The van der Waals surface area contributed by atoms with Crippen LogP contribution < -0.4 is 0 Å². The van der Waals surface area contributed by atoms with Crippen LogP contribution in [0.25, 0.3) is 0 Å². The monoisotopic (exact) mass is 251 g/mol. The molecule has 1 N–H and O–H groups in total. The molecule has 3 atom stereocenters. The molecule has 0 radical (unpaired) electrons. The van der Waals surface area contributed by atoms with Gasteiger partial charge in [0.2, 0.25) is 0 Å². The van der Waals surface area contributed by atoms with Gasteiger partial charge in [-0.25, -0.2) is 0 Å². The number of aliphatic carboxylic acids is 1. The fraction of sp³-hybridized carbons (Fsp3) is 0.643. The molecule has 1 saturated heterocycles. The van der Waals surface area contributed by atoms with Gasteiger partial charge in [0, 0.05) is 24.7 Å².